The third kappa shape index (κ3) is 3.54. The first kappa shape index (κ1) is 15.8. The van der Waals surface area contributed by atoms with E-state index in [1.807, 2.05) is 6.92 Å². The molecule has 1 fully saturated rings. The summed E-state index contributed by atoms with van der Waals surface area (Å²) < 4.78 is 26.4. The summed E-state index contributed by atoms with van der Waals surface area (Å²) in [6.45, 7) is 2.14. The summed E-state index contributed by atoms with van der Waals surface area (Å²) in [5, 5.41) is 13.6. The lowest BCUT2D eigenvalue weighted by Crippen LogP contribution is -2.39. The van der Waals surface area contributed by atoms with Gasteiger partial charge >= 0.3 is 0 Å². The van der Waals surface area contributed by atoms with Crippen molar-refractivity contribution in [3.8, 4) is 0 Å². The smallest absolute Gasteiger partial charge is 0.243 e. The van der Waals surface area contributed by atoms with Crippen molar-refractivity contribution in [1.29, 1.82) is 0 Å². The van der Waals surface area contributed by atoms with E-state index in [1.54, 1.807) is 24.3 Å². The Hall–Kier alpha value is -1.60. The minimum absolute atomic E-state index is 0.0557. The van der Waals surface area contributed by atoms with Gasteiger partial charge in [0.1, 0.15) is 0 Å². The Morgan fingerprint density at radius 3 is 2.67 bits per heavy atom. The molecule has 7 nitrogen and oxygen atoms in total. The lowest BCUT2D eigenvalue weighted by atomic mass is 10.1. The average molecular weight is 310 g/mol. The lowest BCUT2D eigenvalue weighted by molar-refractivity contribution is 0.131. The van der Waals surface area contributed by atoms with Gasteiger partial charge in [-0.2, -0.15) is 4.31 Å². The van der Waals surface area contributed by atoms with E-state index in [9.17, 15) is 13.5 Å². The monoisotopic (exact) mass is 310 g/mol. The summed E-state index contributed by atoms with van der Waals surface area (Å²) in [7, 11) is -3.63. The molecule has 0 bridgehead atoms. The number of hydrogen-bond acceptors (Lipinski definition) is 4. The molecule has 2 rings (SSSR count). The Morgan fingerprint density at radius 2 is 2.05 bits per heavy atom. The van der Waals surface area contributed by atoms with E-state index < -0.39 is 22.2 Å². The number of aliphatic hydroxyl groups is 1. The number of azide groups is 1. The summed E-state index contributed by atoms with van der Waals surface area (Å²) in [6, 6.07) is 6.03. The summed E-state index contributed by atoms with van der Waals surface area (Å²) in [5.41, 5.74) is 9.45. The molecule has 114 valence electrons. The minimum atomic E-state index is -3.63. The van der Waals surface area contributed by atoms with Gasteiger partial charge in [-0.15, -0.1) is 0 Å². The topological polar surface area (TPSA) is 106 Å². The van der Waals surface area contributed by atoms with Gasteiger partial charge in [-0.3, -0.25) is 0 Å². The van der Waals surface area contributed by atoms with Gasteiger partial charge in [0.2, 0.25) is 10.0 Å². The summed E-state index contributed by atoms with van der Waals surface area (Å²) in [5.74, 6) is 0. The van der Waals surface area contributed by atoms with Gasteiger partial charge in [-0.25, -0.2) is 8.42 Å². The van der Waals surface area contributed by atoms with Crippen LogP contribution in [0.4, 0.5) is 0 Å². The quantitative estimate of drug-likeness (QED) is 0.522. The van der Waals surface area contributed by atoms with Gasteiger partial charge in [0, 0.05) is 18.0 Å². The van der Waals surface area contributed by atoms with E-state index in [-0.39, 0.29) is 11.4 Å². The SMILES string of the molecule is Cc1ccc(S(=O)(=O)N2CCC[C@H](N=[N+]=[N-])[C@@H](O)C2)cc1. The first-order chi connectivity index (χ1) is 9.95. The second kappa shape index (κ2) is 6.44. The summed E-state index contributed by atoms with van der Waals surface area (Å²) in [6.07, 6.45) is 0.0420. The highest BCUT2D eigenvalue weighted by Crippen LogP contribution is 2.22. The molecule has 8 heteroatoms. The maximum atomic E-state index is 12.6. The third-order valence-electron chi connectivity index (χ3n) is 3.60. The van der Waals surface area contributed by atoms with Crippen molar-refractivity contribution in [2.75, 3.05) is 13.1 Å². The number of sulfonamides is 1. The van der Waals surface area contributed by atoms with Crippen LogP contribution in [0.5, 0.6) is 0 Å². The molecule has 0 saturated carbocycles. The van der Waals surface area contributed by atoms with Crippen LogP contribution in [0.25, 0.3) is 10.4 Å². The zero-order valence-corrected chi connectivity index (χ0v) is 12.6. The largest absolute Gasteiger partial charge is 0.391 e. The van der Waals surface area contributed by atoms with E-state index in [0.29, 0.717) is 19.4 Å². The van der Waals surface area contributed by atoms with Crippen molar-refractivity contribution in [3.05, 3.63) is 40.3 Å². The lowest BCUT2D eigenvalue weighted by Gasteiger charge is -2.22. The molecule has 1 aromatic rings. The highest BCUT2D eigenvalue weighted by atomic mass is 32.2. The number of hydrogen-bond donors (Lipinski definition) is 1. The minimum Gasteiger partial charge on any atom is -0.391 e. The van der Waals surface area contributed by atoms with Gasteiger partial charge < -0.3 is 5.11 Å². The summed E-state index contributed by atoms with van der Waals surface area (Å²) >= 11 is 0. The molecule has 2 atom stereocenters. The van der Waals surface area contributed by atoms with Crippen molar-refractivity contribution >= 4 is 10.0 Å². The molecule has 1 saturated heterocycles. The number of nitrogens with zero attached hydrogens (tertiary/aromatic N) is 4. The molecule has 1 aliphatic heterocycles. The predicted molar refractivity (Wildman–Crippen MR) is 78.1 cm³/mol. The number of β-amino-alcohol motifs (C(OH)–C–C–N with tert-alkyl or cyclic N) is 1. The second-order valence-corrected chi connectivity index (χ2v) is 7.10. The molecule has 0 radical (unpaired) electrons. The number of aliphatic hydroxyl groups excluding tert-OH is 1. The fourth-order valence-corrected chi connectivity index (χ4v) is 3.87. The van der Waals surface area contributed by atoms with Crippen LogP contribution in [-0.2, 0) is 10.0 Å². The van der Waals surface area contributed by atoms with Crippen molar-refractivity contribution in [1.82, 2.24) is 4.31 Å². The maximum Gasteiger partial charge on any atom is 0.243 e. The van der Waals surface area contributed by atoms with Gasteiger partial charge in [-0.1, -0.05) is 22.8 Å². The Kier molecular flexibility index (Phi) is 4.84. The van der Waals surface area contributed by atoms with Crippen molar-refractivity contribution in [3.63, 3.8) is 0 Å². The third-order valence-corrected chi connectivity index (χ3v) is 5.48. The first-order valence-corrected chi connectivity index (χ1v) is 8.18. The van der Waals surface area contributed by atoms with Crippen LogP contribution < -0.4 is 0 Å². The van der Waals surface area contributed by atoms with E-state index >= 15 is 0 Å². The van der Waals surface area contributed by atoms with Crippen LogP contribution in [0, 0.1) is 6.92 Å². The van der Waals surface area contributed by atoms with Gasteiger partial charge in [0.15, 0.2) is 0 Å². The molecule has 1 heterocycles. The molecule has 1 aliphatic rings. The Balaban J connectivity index is 2.24. The number of benzene rings is 1. The highest BCUT2D eigenvalue weighted by molar-refractivity contribution is 7.89. The van der Waals surface area contributed by atoms with E-state index in [4.69, 9.17) is 5.53 Å². The molecule has 1 aromatic carbocycles. The van der Waals surface area contributed by atoms with Crippen LogP contribution in [0.1, 0.15) is 18.4 Å². The zero-order chi connectivity index (χ0) is 15.5. The van der Waals surface area contributed by atoms with Crippen LogP contribution in [0.3, 0.4) is 0 Å². The van der Waals surface area contributed by atoms with E-state index in [2.05, 4.69) is 10.0 Å². The molecule has 0 unspecified atom stereocenters. The highest BCUT2D eigenvalue weighted by Gasteiger charge is 2.32. The molecule has 0 spiro atoms. The second-order valence-electron chi connectivity index (χ2n) is 5.16. The number of aryl methyl sites for hydroxylation is 1. The molecular weight excluding hydrogens is 292 g/mol. The normalized spacial score (nSPS) is 24.1. The zero-order valence-electron chi connectivity index (χ0n) is 11.8. The van der Waals surface area contributed by atoms with Gasteiger partial charge in [0.25, 0.3) is 0 Å². The fourth-order valence-electron chi connectivity index (χ4n) is 2.37. The first-order valence-electron chi connectivity index (χ1n) is 6.74. The number of rotatable bonds is 3. The predicted octanol–water partition coefficient (Wildman–Crippen LogP) is 1.82. The summed E-state index contributed by atoms with van der Waals surface area (Å²) in [4.78, 5) is 2.91. The van der Waals surface area contributed by atoms with Crippen molar-refractivity contribution in [2.45, 2.75) is 36.8 Å². The van der Waals surface area contributed by atoms with Crippen LogP contribution >= 0.6 is 0 Å². The molecule has 0 amide bonds. The van der Waals surface area contributed by atoms with E-state index in [0.717, 1.165) is 5.56 Å². The standard InChI is InChI=1S/C13H18N4O3S/c1-10-4-6-11(7-5-10)21(19,20)17-8-2-3-12(15-16-14)13(18)9-17/h4-7,12-13,18H,2-3,8-9H2,1H3/t12-,13-/m0/s1. The van der Waals surface area contributed by atoms with Gasteiger partial charge in [-0.05, 0) is 37.4 Å². The Labute approximate surface area is 123 Å². The van der Waals surface area contributed by atoms with Gasteiger partial charge in [0.05, 0.1) is 17.0 Å². The maximum absolute atomic E-state index is 12.6. The molecule has 1 N–H and O–H groups in total. The van der Waals surface area contributed by atoms with Crippen LogP contribution in [-0.4, -0.2) is 43.1 Å². The van der Waals surface area contributed by atoms with Crippen LogP contribution in [0.15, 0.2) is 34.3 Å². The molecule has 0 aliphatic carbocycles. The molecule has 21 heavy (non-hydrogen) atoms. The van der Waals surface area contributed by atoms with Crippen molar-refractivity contribution in [2.24, 2.45) is 5.11 Å². The molecular formula is C13H18N4O3S. The Morgan fingerprint density at radius 1 is 1.38 bits per heavy atom. The van der Waals surface area contributed by atoms with Crippen molar-refractivity contribution < 1.29 is 13.5 Å². The molecule has 0 aromatic heterocycles. The van der Waals surface area contributed by atoms with Crippen LogP contribution in [0.2, 0.25) is 0 Å². The fraction of sp³-hybridized carbons (Fsp3) is 0.538. The average Bonchev–Trinajstić information content (AvgIpc) is 2.63. The van der Waals surface area contributed by atoms with E-state index in [1.165, 1.54) is 4.31 Å². The Bertz CT molecular complexity index is 638.